The highest BCUT2D eigenvalue weighted by molar-refractivity contribution is 7.89. The maximum Gasteiger partial charge on any atom is 0.258 e. The zero-order valence-corrected chi connectivity index (χ0v) is 26.5. The van der Waals surface area contributed by atoms with Gasteiger partial charge < -0.3 is 25.2 Å². The van der Waals surface area contributed by atoms with Crippen LogP contribution in [0.1, 0.15) is 48.3 Å². The van der Waals surface area contributed by atoms with E-state index in [2.05, 4.69) is 37.7 Å². The van der Waals surface area contributed by atoms with Crippen LogP contribution in [-0.4, -0.2) is 92.8 Å². The van der Waals surface area contributed by atoms with Crippen LogP contribution >= 0.6 is 0 Å². The van der Waals surface area contributed by atoms with Gasteiger partial charge in [0.05, 0.1) is 10.5 Å². The molecule has 2 aromatic carbocycles. The standard InChI is InChI=1S/C31H39F2N7O4S/c1-31(2)19-40(45(42,43)24-15-20(32)14-21(33)16-24)18-26-28(31)36-37-29(26)35-30(41)25-5-4-23(39-10-8-38(3)9-11-39)17-27(25)34-22-6-12-44-13-7-22/h4-5,14-17,22,34H,6-13,18-19H2,1-3H3,(H2,35,36,37,41). The lowest BCUT2D eigenvalue weighted by atomic mass is 9.84. The maximum absolute atomic E-state index is 14.0. The summed E-state index contributed by atoms with van der Waals surface area (Å²) in [4.78, 5) is 18.0. The Morgan fingerprint density at radius 1 is 1.04 bits per heavy atom. The summed E-state index contributed by atoms with van der Waals surface area (Å²) in [5.74, 6) is -2.15. The second-order valence-electron chi connectivity index (χ2n) is 12.7. The minimum Gasteiger partial charge on any atom is -0.381 e. The number of fused-ring (bicyclic) bond motifs is 1. The van der Waals surface area contributed by atoms with Gasteiger partial charge in [-0.1, -0.05) is 13.8 Å². The van der Waals surface area contributed by atoms with Crippen molar-refractivity contribution in [3.05, 3.63) is 64.9 Å². The molecule has 3 N–H and O–H groups in total. The molecule has 0 atom stereocenters. The van der Waals surface area contributed by atoms with Gasteiger partial charge in [-0.05, 0) is 50.2 Å². The molecule has 242 valence electrons. The molecule has 14 heteroatoms. The second kappa shape index (κ2) is 12.3. The Kier molecular flexibility index (Phi) is 8.59. The number of amides is 1. The van der Waals surface area contributed by atoms with Crippen molar-refractivity contribution in [3.63, 3.8) is 0 Å². The van der Waals surface area contributed by atoms with Crippen LogP contribution in [0.2, 0.25) is 0 Å². The number of likely N-dealkylation sites (N-methyl/N-ethyl adjacent to an activating group) is 1. The SMILES string of the molecule is CN1CCN(c2ccc(C(=O)Nc3n[nH]c4c3CN(S(=O)(=O)c3cc(F)cc(F)c3)CC4(C)C)c(NC3CCOCC3)c2)CC1. The van der Waals surface area contributed by atoms with Crippen LogP contribution in [0.3, 0.4) is 0 Å². The van der Waals surface area contributed by atoms with Gasteiger partial charge in [-0.15, -0.1) is 0 Å². The highest BCUT2D eigenvalue weighted by Crippen LogP contribution is 2.38. The van der Waals surface area contributed by atoms with Crippen molar-refractivity contribution in [1.29, 1.82) is 0 Å². The molecule has 1 amide bonds. The number of piperazine rings is 1. The largest absolute Gasteiger partial charge is 0.381 e. The highest BCUT2D eigenvalue weighted by Gasteiger charge is 2.41. The first kappa shape index (κ1) is 31.4. The molecule has 11 nitrogen and oxygen atoms in total. The van der Waals surface area contributed by atoms with Crippen molar-refractivity contribution in [2.75, 3.05) is 68.5 Å². The average Bonchev–Trinajstić information content (AvgIpc) is 3.41. The van der Waals surface area contributed by atoms with Gasteiger partial charge in [0.1, 0.15) is 11.6 Å². The number of carbonyl (C=O) groups is 1. The normalized spacial score (nSPS) is 19.7. The first-order valence-electron chi connectivity index (χ1n) is 15.2. The summed E-state index contributed by atoms with van der Waals surface area (Å²) in [7, 11) is -2.16. The summed E-state index contributed by atoms with van der Waals surface area (Å²) in [6, 6.07) is 8.16. The second-order valence-corrected chi connectivity index (χ2v) is 14.6. The Labute approximate surface area is 262 Å². The first-order chi connectivity index (χ1) is 21.4. The molecule has 3 aromatic rings. The molecule has 0 radical (unpaired) electrons. The van der Waals surface area contributed by atoms with Gasteiger partial charge in [-0.25, -0.2) is 17.2 Å². The van der Waals surface area contributed by atoms with E-state index in [0.29, 0.717) is 41.8 Å². The molecule has 0 bridgehead atoms. The predicted octanol–water partition coefficient (Wildman–Crippen LogP) is 3.77. The number of hydrogen-bond donors (Lipinski definition) is 3. The zero-order chi connectivity index (χ0) is 31.9. The molecule has 45 heavy (non-hydrogen) atoms. The highest BCUT2D eigenvalue weighted by atomic mass is 32.2. The Balaban J connectivity index is 1.28. The van der Waals surface area contributed by atoms with Crippen LogP contribution in [0.15, 0.2) is 41.3 Å². The van der Waals surface area contributed by atoms with Crippen LogP contribution in [0.4, 0.5) is 26.0 Å². The monoisotopic (exact) mass is 643 g/mol. The maximum atomic E-state index is 14.0. The van der Waals surface area contributed by atoms with E-state index in [-0.39, 0.29) is 24.9 Å². The fraction of sp³-hybridized carbons (Fsp3) is 0.484. The summed E-state index contributed by atoms with van der Waals surface area (Å²) in [5.41, 5.74) is 2.61. The number of nitrogens with zero attached hydrogens (tertiary/aromatic N) is 4. The smallest absolute Gasteiger partial charge is 0.258 e. The number of anilines is 3. The Morgan fingerprint density at radius 3 is 2.42 bits per heavy atom. The minimum absolute atomic E-state index is 0.0446. The zero-order valence-electron chi connectivity index (χ0n) is 25.7. The Bertz CT molecular complexity index is 1660. The third-order valence-electron chi connectivity index (χ3n) is 8.85. The molecule has 0 saturated carbocycles. The predicted molar refractivity (Wildman–Crippen MR) is 167 cm³/mol. The first-order valence-corrected chi connectivity index (χ1v) is 16.6. The van der Waals surface area contributed by atoms with Gasteiger partial charge in [0, 0.05) is 92.6 Å². The molecule has 4 heterocycles. The lowest BCUT2D eigenvalue weighted by Gasteiger charge is -2.37. The van der Waals surface area contributed by atoms with Crippen molar-refractivity contribution in [2.24, 2.45) is 0 Å². The van der Waals surface area contributed by atoms with E-state index in [1.165, 1.54) is 0 Å². The molecular weight excluding hydrogens is 604 g/mol. The van der Waals surface area contributed by atoms with E-state index < -0.39 is 37.9 Å². The lowest BCUT2D eigenvalue weighted by molar-refractivity contribution is 0.0904. The molecule has 0 spiro atoms. The third kappa shape index (κ3) is 6.55. The summed E-state index contributed by atoms with van der Waals surface area (Å²) in [6.45, 7) is 8.56. The number of ether oxygens (including phenoxy) is 1. The number of benzene rings is 2. The number of halogens is 2. The number of carbonyl (C=O) groups excluding carboxylic acids is 1. The van der Waals surface area contributed by atoms with Crippen LogP contribution in [0.5, 0.6) is 0 Å². The summed E-state index contributed by atoms with van der Waals surface area (Å²) in [5, 5.41) is 13.8. The number of aromatic nitrogens is 2. The fourth-order valence-electron chi connectivity index (χ4n) is 6.28. The van der Waals surface area contributed by atoms with Crippen molar-refractivity contribution < 1.29 is 26.7 Å². The summed E-state index contributed by atoms with van der Waals surface area (Å²) < 4.78 is 61.7. The van der Waals surface area contributed by atoms with Gasteiger partial charge in [-0.2, -0.15) is 9.40 Å². The number of H-pyrrole nitrogens is 1. The van der Waals surface area contributed by atoms with E-state index in [1.54, 1.807) is 0 Å². The van der Waals surface area contributed by atoms with Gasteiger partial charge in [-0.3, -0.25) is 9.89 Å². The summed E-state index contributed by atoms with van der Waals surface area (Å²) >= 11 is 0. The van der Waals surface area contributed by atoms with Gasteiger partial charge in [0.2, 0.25) is 10.0 Å². The van der Waals surface area contributed by atoms with Crippen LogP contribution in [0, 0.1) is 11.6 Å². The topological polar surface area (TPSA) is 123 Å². The van der Waals surface area contributed by atoms with Gasteiger partial charge in [0.15, 0.2) is 5.82 Å². The van der Waals surface area contributed by atoms with E-state index in [1.807, 2.05) is 32.0 Å². The Morgan fingerprint density at radius 2 is 1.73 bits per heavy atom. The van der Waals surface area contributed by atoms with Crippen molar-refractivity contribution in [1.82, 2.24) is 19.4 Å². The molecular formula is C31H39F2N7O4S. The van der Waals surface area contributed by atoms with Crippen LogP contribution in [0.25, 0.3) is 0 Å². The number of aromatic amines is 1. The Hall–Kier alpha value is -3.59. The van der Waals surface area contributed by atoms with Crippen molar-refractivity contribution >= 4 is 33.1 Å². The molecule has 3 aliphatic heterocycles. The number of nitrogens with one attached hydrogen (secondary N) is 3. The summed E-state index contributed by atoms with van der Waals surface area (Å²) in [6.07, 6.45) is 1.64. The van der Waals surface area contributed by atoms with E-state index >= 15 is 0 Å². The number of rotatable bonds is 7. The molecule has 6 rings (SSSR count). The van der Waals surface area contributed by atoms with Gasteiger partial charge >= 0.3 is 0 Å². The van der Waals surface area contributed by atoms with E-state index in [4.69, 9.17) is 4.74 Å². The molecule has 1 aromatic heterocycles. The van der Waals surface area contributed by atoms with Crippen LogP contribution < -0.4 is 15.5 Å². The number of hydrogen-bond acceptors (Lipinski definition) is 8. The van der Waals surface area contributed by atoms with Crippen LogP contribution in [-0.2, 0) is 26.7 Å². The molecule has 2 fully saturated rings. The van der Waals surface area contributed by atoms with Gasteiger partial charge in [0.25, 0.3) is 5.91 Å². The number of sulfonamides is 1. The molecule has 3 aliphatic rings. The molecule has 2 saturated heterocycles. The van der Waals surface area contributed by atoms with Crippen molar-refractivity contribution in [2.45, 2.75) is 49.6 Å². The third-order valence-corrected chi connectivity index (χ3v) is 10.6. The van der Waals surface area contributed by atoms with E-state index in [9.17, 15) is 22.0 Å². The quantitative estimate of drug-likeness (QED) is 0.356. The molecule has 0 aliphatic carbocycles. The van der Waals surface area contributed by atoms with Crippen molar-refractivity contribution in [3.8, 4) is 0 Å². The lowest BCUT2D eigenvalue weighted by Crippen LogP contribution is -2.45. The minimum atomic E-state index is -4.27. The average molecular weight is 644 g/mol. The fourth-order valence-corrected chi connectivity index (χ4v) is 7.89. The molecule has 0 unspecified atom stereocenters. The van der Waals surface area contributed by atoms with E-state index in [0.717, 1.165) is 61.1 Å².